The van der Waals surface area contributed by atoms with Gasteiger partial charge in [-0.1, -0.05) is 30.3 Å². The van der Waals surface area contributed by atoms with E-state index in [9.17, 15) is 18.0 Å². The Labute approximate surface area is 168 Å². The van der Waals surface area contributed by atoms with Crippen LogP contribution in [0.15, 0.2) is 65.1 Å². The number of benzene rings is 2. The fraction of sp³-hybridized carbons (Fsp3) is 0.0909. The molecule has 5 nitrogen and oxygen atoms in total. The molecule has 0 bridgehead atoms. The Bertz CT molecular complexity index is 1230. The first-order valence-corrected chi connectivity index (χ1v) is 8.84. The summed E-state index contributed by atoms with van der Waals surface area (Å²) < 4.78 is 52.0. The van der Waals surface area contributed by atoms with Crippen molar-refractivity contribution in [2.75, 3.05) is 12.8 Å². The van der Waals surface area contributed by atoms with Crippen molar-refractivity contribution in [2.24, 2.45) is 0 Å². The Morgan fingerprint density at radius 2 is 1.73 bits per heavy atom. The number of rotatable bonds is 4. The maximum Gasteiger partial charge on any atom is 0.417 e. The third-order valence-corrected chi connectivity index (χ3v) is 4.63. The summed E-state index contributed by atoms with van der Waals surface area (Å²) in [6.45, 7) is 0. The van der Waals surface area contributed by atoms with E-state index < -0.39 is 22.9 Å². The largest absolute Gasteiger partial charge is 0.497 e. The Hall–Kier alpha value is -3.81. The lowest BCUT2D eigenvalue weighted by atomic mass is 10.0. The number of alkyl halides is 3. The van der Waals surface area contributed by atoms with Gasteiger partial charge in [-0.05, 0) is 30.3 Å². The number of hydrogen-bond donors (Lipinski definition) is 1. The smallest absolute Gasteiger partial charge is 0.417 e. The first-order valence-electron chi connectivity index (χ1n) is 8.84. The second-order valence-electron chi connectivity index (χ2n) is 6.50. The molecule has 0 saturated carbocycles. The number of hydrogen-bond acceptors (Lipinski definition) is 5. The molecule has 8 heteroatoms. The van der Waals surface area contributed by atoms with E-state index in [1.807, 2.05) is 0 Å². The lowest BCUT2D eigenvalue weighted by Gasteiger charge is -2.10. The van der Waals surface area contributed by atoms with Gasteiger partial charge in [-0.25, -0.2) is 4.98 Å². The molecular formula is C22H15F3N2O3. The summed E-state index contributed by atoms with van der Waals surface area (Å²) in [5, 5.41) is -0.431. The predicted octanol–water partition coefficient (Wildman–Crippen LogP) is 5.34. The van der Waals surface area contributed by atoms with E-state index in [2.05, 4.69) is 4.98 Å². The van der Waals surface area contributed by atoms with Gasteiger partial charge in [0.2, 0.25) is 17.3 Å². The minimum absolute atomic E-state index is 0.0324. The molecule has 0 saturated heterocycles. The summed E-state index contributed by atoms with van der Waals surface area (Å²) in [4.78, 5) is 16.9. The standard InChI is InChI=1S/C22H15F3N2O3/c1-29-14-9-7-12(8-10-14)16-11-15(22(23,24)25)17-18(26)20(30-21(17)27-16)19(28)13-5-3-2-4-6-13/h2-11H,26H2,1H3. The van der Waals surface area contributed by atoms with E-state index in [-0.39, 0.29) is 28.4 Å². The molecule has 4 rings (SSSR count). The number of nitrogens with two attached hydrogens (primary N) is 1. The van der Waals surface area contributed by atoms with E-state index in [1.54, 1.807) is 42.5 Å². The number of carbonyl (C=O) groups excluding carboxylic acids is 1. The highest BCUT2D eigenvalue weighted by molar-refractivity contribution is 6.14. The average Bonchev–Trinajstić information content (AvgIpc) is 3.09. The van der Waals surface area contributed by atoms with Crippen LogP contribution in [-0.2, 0) is 6.18 Å². The Balaban J connectivity index is 1.92. The number of ether oxygens (including phenoxy) is 1. The molecule has 152 valence electrons. The van der Waals surface area contributed by atoms with Crippen molar-refractivity contribution in [3.8, 4) is 17.0 Å². The Kier molecular flexibility index (Phi) is 4.69. The van der Waals surface area contributed by atoms with Crippen molar-refractivity contribution < 1.29 is 27.1 Å². The van der Waals surface area contributed by atoms with Gasteiger partial charge in [0, 0.05) is 11.1 Å². The van der Waals surface area contributed by atoms with Crippen molar-refractivity contribution >= 4 is 22.6 Å². The van der Waals surface area contributed by atoms with Gasteiger partial charge in [0.05, 0.1) is 29.4 Å². The molecule has 2 aromatic carbocycles. The maximum absolute atomic E-state index is 13.8. The van der Waals surface area contributed by atoms with Crippen molar-refractivity contribution in [3.63, 3.8) is 0 Å². The topological polar surface area (TPSA) is 78.4 Å². The maximum atomic E-state index is 13.8. The summed E-state index contributed by atoms with van der Waals surface area (Å²) in [5.74, 6) is -0.444. The molecule has 0 fully saturated rings. The highest BCUT2D eigenvalue weighted by Crippen LogP contribution is 2.41. The zero-order chi connectivity index (χ0) is 21.5. The van der Waals surface area contributed by atoms with Gasteiger partial charge >= 0.3 is 6.18 Å². The van der Waals surface area contributed by atoms with Crippen LogP contribution in [0.25, 0.3) is 22.4 Å². The number of ketones is 1. The zero-order valence-electron chi connectivity index (χ0n) is 15.7. The third kappa shape index (κ3) is 3.36. The van der Waals surface area contributed by atoms with E-state index in [4.69, 9.17) is 14.9 Å². The van der Waals surface area contributed by atoms with Crippen LogP contribution >= 0.6 is 0 Å². The number of nitrogens with zero attached hydrogens (tertiary/aromatic N) is 1. The average molecular weight is 412 g/mol. The number of furan rings is 1. The Morgan fingerprint density at radius 1 is 1.07 bits per heavy atom. The fourth-order valence-corrected chi connectivity index (χ4v) is 3.14. The third-order valence-electron chi connectivity index (χ3n) is 4.63. The summed E-state index contributed by atoms with van der Waals surface area (Å²) in [7, 11) is 1.48. The molecule has 0 amide bonds. The van der Waals surface area contributed by atoms with Gasteiger partial charge in [0.25, 0.3) is 0 Å². The SMILES string of the molecule is COc1ccc(-c2cc(C(F)(F)F)c3c(N)c(C(=O)c4ccccc4)oc3n2)cc1. The molecule has 0 atom stereocenters. The summed E-state index contributed by atoms with van der Waals surface area (Å²) >= 11 is 0. The van der Waals surface area contributed by atoms with Crippen molar-refractivity contribution in [1.82, 2.24) is 4.98 Å². The van der Waals surface area contributed by atoms with Gasteiger partial charge in [-0.3, -0.25) is 4.79 Å². The van der Waals surface area contributed by atoms with E-state index in [0.717, 1.165) is 6.07 Å². The number of nitrogen functional groups attached to an aromatic ring is 1. The fourth-order valence-electron chi connectivity index (χ4n) is 3.14. The second kappa shape index (κ2) is 7.22. The highest BCUT2D eigenvalue weighted by Gasteiger charge is 2.37. The minimum atomic E-state index is -4.73. The molecule has 2 aromatic heterocycles. The predicted molar refractivity (Wildman–Crippen MR) is 105 cm³/mol. The number of halogens is 3. The number of aromatic nitrogens is 1. The van der Waals surface area contributed by atoms with Crippen LogP contribution in [0.1, 0.15) is 21.7 Å². The van der Waals surface area contributed by atoms with Gasteiger partial charge < -0.3 is 14.9 Å². The van der Waals surface area contributed by atoms with Crippen LogP contribution in [0, 0.1) is 0 Å². The van der Waals surface area contributed by atoms with Gasteiger partial charge in [0.15, 0.2) is 0 Å². The van der Waals surface area contributed by atoms with Crippen molar-refractivity contribution in [3.05, 3.63) is 77.6 Å². The van der Waals surface area contributed by atoms with Crippen molar-refractivity contribution in [1.29, 1.82) is 0 Å². The molecule has 2 heterocycles. The molecule has 2 N–H and O–H groups in total. The Morgan fingerprint density at radius 3 is 2.33 bits per heavy atom. The molecule has 30 heavy (non-hydrogen) atoms. The molecule has 0 aliphatic heterocycles. The number of carbonyl (C=O) groups is 1. The highest BCUT2D eigenvalue weighted by atomic mass is 19.4. The van der Waals surface area contributed by atoms with Gasteiger partial charge in [-0.15, -0.1) is 0 Å². The number of fused-ring (bicyclic) bond motifs is 1. The van der Waals surface area contributed by atoms with E-state index in [1.165, 1.54) is 19.2 Å². The van der Waals surface area contributed by atoms with Crippen LogP contribution in [0.5, 0.6) is 5.75 Å². The molecule has 0 aliphatic rings. The quantitative estimate of drug-likeness (QED) is 0.458. The van der Waals surface area contributed by atoms with Gasteiger partial charge in [-0.2, -0.15) is 13.2 Å². The van der Waals surface area contributed by atoms with Gasteiger partial charge in [0.1, 0.15) is 5.75 Å². The van der Waals surface area contributed by atoms with Crippen LogP contribution in [0.2, 0.25) is 0 Å². The minimum Gasteiger partial charge on any atom is -0.497 e. The van der Waals surface area contributed by atoms with Crippen molar-refractivity contribution in [2.45, 2.75) is 6.18 Å². The molecular weight excluding hydrogens is 397 g/mol. The first kappa shape index (κ1) is 19.5. The normalized spacial score (nSPS) is 11.6. The van der Waals surface area contributed by atoms with Crippen LogP contribution in [0.4, 0.5) is 18.9 Å². The van der Waals surface area contributed by atoms with E-state index >= 15 is 0 Å². The van der Waals surface area contributed by atoms with Crippen LogP contribution in [-0.4, -0.2) is 17.9 Å². The zero-order valence-corrected chi connectivity index (χ0v) is 15.7. The van der Waals surface area contributed by atoms with Crippen LogP contribution in [0.3, 0.4) is 0 Å². The van der Waals surface area contributed by atoms with Crippen LogP contribution < -0.4 is 10.5 Å². The second-order valence-corrected chi connectivity index (χ2v) is 6.50. The summed E-state index contributed by atoms with van der Waals surface area (Å²) in [5.41, 5.74) is 4.87. The number of methoxy groups -OCH3 is 1. The monoisotopic (exact) mass is 412 g/mol. The van der Waals surface area contributed by atoms with E-state index in [0.29, 0.717) is 11.3 Å². The first-order chi connectivity index (χ1) is 14.3. The number of pyridine rings is 1. The lowest BCUT2D eigenvalue weighted by Crippen LogP contribution is -2.08. The molecule has 0 unspecified atom stereocenters. The summed E-state index contributed by atoms with van der Waals surface area (Å²) in [6.07, 6.45) is -4.73. The molecule has 0 spiro atoms. The number of anilines is 1. The molecule has 0 radical (unpaired) electrons. The molecule has 0 aliphatic carbocycles. The lowest BCUT2D eigenvalue weighted by molar-refractivity contribution is -0.136. The summed E-state index contributed by atoms with van der Waals surface area (Å²) in [6, 6.07) is 15.3. The molecule has 4 aromatic rings.